The fraction of sp³-hybridized carbons (Fsp3) is 0.625. The Kier molecular flexibility index (Phi) is 13.6. The number of phosphoric acid groups is 1. The summed E-state index contributed by atoms with van der Waals surface area (Å²) in [5.41, 5.74) is 5.79. The fourth-order valence-electron chi connectivity index (χ4n) is 6.28. The van der Waals surface area contributed by atoms with Gasteiger partial charge in [0.25, 0.3) is 0 Å². The normalized spacial score (nSPS) is 13.6. The van der Waals surface area contributed by atoms with Crippen molar-refractivity contribution in [1.82, 2.24) is 0 Å². The van der Waals surface area contributed by atoms with E-state index in [1.807, 2.05) is 18.2 Å². The molecule has 0 spiro atoms. The van der Waals surface area contributed by atoms with E-state index < -0.39 is 7.82 Å². The van der Waals surface area contributed by atoms with Gasteiger partial charge in [0.05, 0.1) is 0 Å². The zero-order chi connectivity index (χ0) is 40.4. The first-order valence-electron chi connectivity index (χ1n) is 20.4. The van der Waals surface area contributed by atoms with E-state index in [1.54, 1.807) is 0 Å². The summed E-state index contributed by atoms with van der Waals surface area (Å²) >= 11 is 0. The van der Waals surface area contributed by atoms with Gasteiger partial charge in [-0.1, -0.05) is 161 Å². The van der Waals surface area contributed by atoms with Crippen molar-refractivity contribution in [1.29, 1.82) is 0 Å². The molecule has 3 aromatic rings. The van der Waals surface area contributed by atoms with E-state index in [0.29, 0.717) is 17.2 Å². The first kappa shape index (κ1) is 44.7. The van der Waals surface area contributed by atoms with Crippen molar-refractivity contribution in [2.75, 3.05) is 0 Å². The van der Waals surface area contributed by atoms with Gasteiger partial charge >= 0.3 is 7.82 Å². The molecule has 0 unspecified atom stereocenters. The molecule has 3 rings (SSSR count). The molecule has 4 nitrogen and oxygen atoms in total. The lowest BCUT2D eigenvalue weighted by molar-refractivity contribution is 0.288. The van der Waals surface area contributed by atoms with E-state index in [0.717, 1.165) is 55.2 Å². The Hall–Kier alpha value is -2.71. The summed E-state index contributed by atoms with van der Waals surface area (Å²) in [5.74, 6) is 1.57. The molecule has 0 N–H and O–H groups in total. The summed E-state index contributed by atoms with van der Waals surface area (Å²) < 4.78 is 36.1. The number of rotatable bonds is 18. The van der Waals surface area contributed by atoms with Crippen LogP contribution in [0.3, 0.4) is 0 Å². The van der Waals surface area contributed by atoms with Gasteiger partial charge in [0.2, 0.25) is 0 Å². The average molecular weight is 747 g/mol. The highest BCUT2D eigenvalue weighted by Gasteiger charge is 2.40. The maximum atomic E-state index is 15.8. The summed E-state index contributed by atoms with van der Waals surface area (Å²) in [5, 5.41) is 0. The molecule has 3 aromatic carbocycles. The van der Waals surface area contributed by atoms with Crippen LogP contribution >= 0.6 is 7.82 Å². The second-order valence-corrected chi connectivity index (χ2v) is 20.7. The molecule has 0 saturated heterocycles. The van der Waals surface area contributed by atoms with Gasteiger partial charge in [-0.2, -0.15) is 4.57 Å². The van der Waals surface area contributed by atoms with Gasteiger partial charge < -0.3 is 13.6 Å². The van der Waals surface area contributed by atoms with Gasteiger partial charge in [0, 0.05) is 16.7 Å². The lowest BCUT2D eigenvalue weighted by atomic mass is 9.76. The van der Waals surface area contributed by atoms with E-state index in [-0.39, 0.29) is 32.5 Å². The SMILES string of the molecule is CCC(C)(C)c1ccc(OP(=O)(Oc2ccc(C(C)(C)CC)cc2C(C)(C)CC)Oc2ccc(C(C)(C)CC)cc2C(C)(C)CC)c(C(C)(C)CC)c1. The number of benzene rings is 3. The van der Waals surface area contributed by atoms with Crippen molar-refractivity contribution in [3.63, 3.8) is 0 Å². The van der Waals surface area contributed by atoms with Gasteiger partial charge in [-0.3, -0.25) is 0 Å². The predicted octanol–water partition coefficient (Wildman–Crippen LogP) is 15.5. The maximum absolute atomic E-state index is 15.8. The third-order valence-corrected chi connectivity index (χ3v) is 14.7. The molecular formula is C48H75O4P. The van der Waals surface area contributed by atoms with Crippen molar-refractivity contribution < 1.29 is 18.1 Å². The van der Waals surface area contributed by atoms with E-state index in [4.69, 9.17) is 13.6 Å². The predicted molar refractivity (Wildman–Crippen MR) is 229 cm³/mol. The third-order valence-electron chi connectivity index (χ3n) is 13.4. The smallest absolute Gasteiger partial charge is 0.386 e. The Bertz CT molecular complexity index is 1550. The Morgan fingerprint density at radius 3 is 0.774 bits per heavy atom. The standard InChI is InChI=1S/C48H75O4P/c1-19-43(7,8)34-25-28-40(37(31-34)46(13,14)22-4)50-53(49,51-41-29-26-35(44(9,10)20-2)32-38(41)47(15,16)23-5)52-42-30-27-36(45(11,12)21-3)33-39(42)48(17,18)24-6/h25-33H,19-24H2,1-18H3. The van der Waals surface area contributed by atoms with Gasteiger partial charge in [-0.25, -0.2) is 0 Å². The molecule has 5 heteroatoms. The van der Waals surface area contributed by atoms with Crippen LogP contribution in [-0.2, 0) is 37.1 Å². The molecule has 0 radical (unpaired) electrons. The fourth-order valence-corrected chi connectivity index (χ4v) is 7.59. The Morgan fingerprint density at radius 1 is 0.377 bits per heavy atom. The molecular weight excluding hydrogens is 671 g/mol. The summed E-state index contributed by atoms with van der Waals surface area (Å²) in [7, 11) is -4.39. The van der Waals surface area contributed by atoms with Crippen molar-refractivity contribution in [3.05, 3.63) is 88.0 Å². The molecule has 0 heterocycles. The summed E-state index contributed by atoms with van der Waals surface area (Å²) in [6.07, 6.45) is 5.60. The van der Waals surface area contributed by atoms with Crippen LogP contribution in [0.4, 0.5) is 0 Å². The molecule has 0 amide bonds. The van der Waals surface area contributed by atoms with Crippen LogP contribution in [0.1, 0.15) is 197 Å². The van der Waals surface area contributed by atoms with Crippen molar-refractivity contribution in [2.45, 2.75) is 196 Å². The maximum Gasteiger partial charge on any atom is 0.647 e. The Morgan fingerprint density at radius 2 is 0.585 bits per heavy atom. The van der Waals surface area contributed by atoms with E-state index in [2.05, 4.69) is 161 Å². The highest BCUT2D eigenvalue weighted by Crippen LogP contribution is 2.56. The second-order valence-electron chi connectivity index (χ2n) is 19.3. The summed E-state index contributed by atoms with van der Waals surface area (Å²) in [6, 6.07) is 19.0. The molecule has 0 aliphatic rings. The van der Waals surface area contributed by atoms with Crippen LogP contribution in [-0.4, -0.2) is 0 Å². The minimum Gasteiger partial charge on any atom is -0.386 e. The minimum absolute atomic E-state index is 0.0307. The van der Waals surface area contributed by atoms with Gasteiger partial charge in [0.15, 0.2) is 0 Å². The monoisotopic (exact) mass is 747 g/mol. The summed E-state index contributed by atoms with van der Waals surface area (Å²) in [6.45, 7) is 40.1. The first-order valence-corrected chi connectivity index (χ1v) is 21.9. The number of hydrogen-bond acceptors (Lipinski definition) is 4. The van der Waals surface area contributed by atoms with E-state index in [1.165, 1.54) is 16.7 Å². The van der Waals surface area contributed by atoms with Crippen LogP contribution in [0, 0.1) is 0 Å². The van der Waals surface area contributed by atoms with Crippen LogP contribution in [0.15, 0.2) is 54.6 Å². The molecule has 53 heavy (non-hydrogen) atoms. The quantitative estimate of drug-likeness (QED) is 0.122. The zero-order valence-corrected chi connectivity index (χ0v) is 37.9. The van der Waals surface area contributed by atoms with E-state index in [9.17, 15) is 0 Å². The van der Waals surface area contributed by atoms with Crippen molar-refractivity contribution in [2.24, 2.45) is 0 Å². The molecule has 0 fully saturated rings. The highest BCUT2D eigenvalue weighted by molar-refractivity contribution is 7.49. The largest absolute Gasteiger partial charge is 0.647 e. The molecule has 0 aliphatic heterocycles. The third kappa shape index (κ3) is 9.94. The van der Waals surface area contributed by atoms with Crippen molar-refractivity contribution in [3.8, 4) is 17.2 Å². The van der Waals surface area contributed by atoms with Crippen LogP contribution in [0.2, 0.25) is 0 Å². The molecule has 0 aromatic heterocycles. The highest BCUT2D eigenvalue weighted by atomic mass is 31.2. The van der Waals surface area contributed by atoms with Crippen LogP contribution < -0.4 is 13.6 Å². The molecule has 0 aliphatic carbocycles. The average Bonchev–Trinajstić information content (AvgIpc) is 3.11. The lowest BCUT2D eigenvalue weighted by Gasteiger charge is -2.33. The van der Waals surface area contributed by atoms with Crippen LogP contribution in [0.5, 0.6) is 17.2 Å². The van der Waals surface area contributed by atoms with Crippen LogP contribution in [0.25, 0.3) is 0 Å². The summed E-state index contributed by atoms with van der Waals surface area (Å²) in [4.78, 5) is 0. The van der Waals surface area contributed by atoms with E-state index >= 15 is 4.57 Å². The Balaban J connectivity index is 2.40. The number of hydrogen-bond donors (Lipinski definition) is 0. The Labute approximate surface area is 325 Å². The van der Waals surface area contributed by atoms with Crippen molar-refractivity contribution >= 4 is 7.82 Å². The molecule has 296 valence electrons. The molecule has 0 saturated carbocycles. The molecule has 0 bridgehead atoms. The van der Waals surface area contributed by atoms with Gasteiger partial charge in [-0.05, 0) is 106 Å². The van der Waals surface area contributed by atoms with Gasteiger partial charge in [-0.15, -0.1) is 0 Å². The van der Waals surface area contributed by atoms with Gasteiger partial charge in [0.1, 0.15) is 17.2 Å². The zero-order valence-electron chi connectivity index (χ0n) is 37.0. The molecule has 0 atom stereocenters. The second kappa shape index (κ2) is 16.2. The minimum atomic E-state index is -4.39. The topological polar surface area (TPSA) is 44.8 Å². The first-order chi connectivity index (χ1) is 24.3. The lowest BCUT2D eigenvalue weighted by Crippen LogP contribution is -2.23. The number of phosphoric ester groups is 1.